The van der Waals surface area contributed by atoms with Gasteiger partial charge in [0, 0.05) is 32.3 Å². The fourth-order valence-corrected chi connectivity index (χ4v) is 3.06. The summed E-state index contributed by atoms with van der Waals surface area (Å²) in [5, 5.41) is 2.97. The molecule has 1 aliphatic rings. The van der Waals surface area contributed by atoms with Gasteiger partial charge in [-0.2, -0.15) is 0 Å². The van der Waals surface area contributed by atoms with Gasteiger partial charge in [-0.1, -0.05) is 30.3 Å². The molecule has 0 spiro atoms. The van der Waals surface area contributed by atoms with Crippen LogP contribution in [0.1, 0.15) is 18.0 Å². The maximum atomic E-state index is 12.1. The first kappa shape index (κ1) is 17.9. The second-order valence-electron chi connectivity index (χ2n) is 5.82. The van der Waals surface area contributed by atoms with E-state index in [9.17, 15) is 13.2 Å². The minimum Gasteiger partial charge on any atom is -0.379 e. The van der Waals surface area contributed by atoms with Gasteiger partial charge in [0.15, 0.2) is 0 Å². The predicted molar refractivity (Wildman–Crippen MR) is 88.9 cm³/mol. The van der Waals surface area contributed by atoms with Gasteiger partial charge in [-0.3, -0.25) is 9.69 Å². The minimum atomic E-state index is -3.13. The van der Waals surface area contributed by atoms with Crippen molar-refractivity contribution in [3.8, 4) is 0 Å². The van der Waals surface area contributed by atoms with Gasteiger partial charge >= 0.3 is 0 Å². The van der Waals surface area contributed by atoms with Crippen LogP contribution in [0, 0.1) is 0 Å². The maximum Gasteiger partial charge on any atom is 0.221 e. The second-order valence-corrected chi connectivity index (χ2v) is 8.08. The molecular weight excluding hydrogens is 316 g/mol. The van der Waals surface area contributed by atoms with E-state index < -0.39 is 9.84 Å². The highest BCUT2D eigenvalue weighted by Gasteiger charge is 2.20. The molecule has 1 fully saturated rings. The lowest BCUT2D eigenvalue weighted by Crippen LogP contribution is -2.43. The van der Waals surface area contributed by atoms with E-state index in [0.29, 0.717) is 19.8 Å². The fraction of sp³-hybridized carbons (Fsp3) is 0.562. The lowest BCUT2D eigenvalue weighted by Gasteiger charge is -2.31. The van der Waals surface area contributed by atoms with Crippen molar-refractivity contribution >= 4 is 15.7 Å². The Hall–Kier alpha value is -1.44. The zero-order valence-corrected chi connectivity index (χ0v) is 14.2. The van der Waals surface area contributed by atoms with Crippen molar-refractivity contribution in [1.82, 2.24) is 10.2 Å². The summed E-state index contributed by atoms with van der Waals surface area (Å²) in [6.07, 6.45) is 1.13. The molecule has 0 radical (unpaired) electrons. The van der Waals surface area contributed by atoms with Crippen LogP contribution >= 0.6 is 0 Å². The van der Waals surface area contributed by atoms with Crippen molar-refractivity contribution in [2.45, 2.75) is 12.5 Å². The van der Waals surface area contributed by atoms with E-state index >= 15 is 0 Å². The standard InChI is InChI=1S/C16H24N2O4S/c1-23(20,21)12-7-16(19)17-15(14-5-3-2-4-6-14)13-18-8-10-22-11-9-18/h2-6,15H,7-13H2,1H3,(H,17,19). The highest BCUT2D eigenvalue weighted by molar-refractivity contribution is 7.90. The molecule has 1 unspecified atom stereocenters. The Labute approximate surface area is 137 Å². The molecule has 0 bridgehead atoms. The van der Waals surface area contributed by atoms with E-state index in [2.05, 4.69) is 10.2 Å². The minimum absolute atomic E-state index is 0.00865. The van der Waals surface area contributed by atoms with Crippen molar-refractivity contribution < 1.29 is 17.9 Å². The van der Waals surface area contributed by atoms with E-state index in [1.165, 1.54) is 0 Å². The van der Waals surface area contributed by atoms with Gasteiger partial charge in [0.25, 0.3) is 0 Å². The van der Waals surface area contributed by atoms with Crippen LogP contribution in [0.3, 0.4) is 0 Å². The summed E-state index contributed by atoms with van der Waals surface area (Å²) in [6.45, 7) is 3.76. The number of rotatable bonds is 7. The van der Waals surface area contributed by atoms with Gasteiger partial charge in [0.05, 0.1) is 25.0 Å². The molecule has 1 N–H and O–H groups in total. The van der Waals surface area contributed by atoms with Gasteiger partial charge < -0.3 is 10.1 Å². The van der Waals surface area contributed by atoms with Crippen molar-refractivity contribution in [3.63, 3.8) is 0 Å². The van der Waals surface area contributed by atoms with Crippen molar-refractivity contribution in [3.05, 3.63) is 35.9 Å². The second kappa shape index (κ2) is 8.42. The van der Waals surface area contributed by atoms with Crippen molar-refractivity contribution in [1.29, 1.82) is 0 Å². The lowest BCUT2D eigenvalue weighted by atomic mass is 10.1. The number of ether oxygens (including phenoxy) is 1. The molecule has 1 heterocycles. The number of hydrogen-bond donors (Lipinski definition) is 1. The Bertz CT molecular complexity index is 598. The molecule has 1 atom stereocenters. The van der Waals surface area contributed by atoms with Crippen LogP contribution in [0.2, 0.25) is 0 Å². The third kappa shape index (κ3) is 6.68. The molecule has 1 aromatic carbocycles. The first-order valence-corrected chi connectivity index (χ1v) is 9.82. The summed E-state index contributed by atoms with van der Waals surface area (Å²) in [5.41, 5.74) is 1.02. The molecule has 1 amide bonds. The topological polar surface area (TPSA) is 75.7 Å². The summed E-state index contributed by atoms with van der Waals surface area (Å²) >= 11 is 0. The first-order valence-electron chi connectivity index (χ1n) is 7.76. The molecule has 1 aliphatic heterocycles. The van der Waals surface area contributed by atoms with Gasteiger partial charge in [-0.25, -0.2) is 8.42 Å². The number of amides is 1. The first-order chi connectivity index (χ1) is 10.9. The van der Waals surface area contributed by atoms with Crippen LogP contribution in [-0.2, 0) is 19.4 Å². The third-order valence-electron chi connectivity index (χ3n) is 3.78. The number of hydrogen-bond acceptors (Lipinski definition) is 5. The third-order valence-corrected chi connectivity index (χ3v) is 4.73. The van der Waals surface area contributed by atoms with Gasteiger partial charge in [0.2, 0.25) is 5.91 Å². The molecule has 2 rings (SSSR count). The van der Waals surface area contributed by atoms with E-state index in [-0.39, 0.29) is 24.1 Å². The van der Waals surface area contributed by atoms with Crippen LogP contribution in [0.25, 0.3) is 0 Å². The summed E-state index contributed by atoms with van der Waals surface area (Å²) in [6, 6.07) is 9.60. The Morgan fingerprint density at radius 3 is 2.52 bits per heavy atom. The number of nitrogens with zero attached hydrogens (tertiary/aromatic N) is 1. The summed E-state index contributed by atoms with van der Waals surface area (Å²) in [4.78, 5) is 14.3. The van der Waals surface area contributed by atoms with Crippen molar-refractivity contribution in [2.75, 3.05) is 44.9 Å². The number of carbonyl (C=O) groups is 1. The van der Waals surface area contributed by atoms with Gasteiger partial charge in [-0.15, -0.1) is 0 Å². The number of benzene rings is 1. The smallest absolute Gasteiger partial charge is 0.221 e. The van der Waals surface area contributed by atoms with Gasteiger partial charge in [0.1, 0.15) is 9.84 Å². The number of sulfone groups is 1. The van der Waals surface area contributed by atoms with Crippen LogP contribution in [-0.4, -0.2) is 64.1 Å². The lowest BCUT2D eigenvalue weighted by molar-refractivity contribution is -0.121. The Morgan fingerprint density at radius 1 is 1.26 bits per heavy atom. The highest BCUT2D eigenvalue weighted by atomic mass is 32.2. The Morgan fingerprint density at radius 2 is 1.91 bits per heavy atom. The fourth-order valence-electron chi connectivity index (χ4n) is 2.51. The molecule has 0 saturated carbocycles. The molecule has 1 saturated heterocycles. The summed E-state index contributed by atoms with van der Waals surface area (Å²) in [7, 11) is -3.13. The van der Waals surface area contributed by atoms with E-state index in [1.54, 1.807) is 0 Å². The summed E-state index contributed by atoms with van der Waals surface area (Å²) < 4.78 is 27.8. The molecule has 128 valence electrons. The maximum absolute atomic E-state index is 12.1. The Kier molecular flexibility index (Phi) is 6.56. The molecule has 0 aromatic heterocycles. The van der Waals surface area contributed by atoms with Crippen LogP contribution < -0.4 is 5.32 Å². The average Bonchev–Trinajstić information content (AvgIpc) is 2.53. The molecule has 1 aromatic rings. The highest BCUT2D eigenvalue weighted by Crippen LogP contribution is 2.15. The Balaban J connectivity index is 1.99. The normalized spacial score (nSPS) is 17.6. The summed E-state index contributed by atoms with van der Waals surface area (Å²) in [5.74, 6) is -0.365. The molecule has 23 heavy (non-hydrogen) atoms. The number of carbonyl (C=O) groups excluding carboxylic acids is 1. The SMILES string of the molecule is CS(=O)(=O)CCC(=O)NC(CN1CCOCC1)c1ccccc1. The monoisotopic (exact) mass is 340 g/mol. The average molecular weight is 340 g/mol. The van der Waals surface area contributed by atoms with Crippen LogP contribution in [0.4, 0.5) is 0 Å². The zero-order valence-electron chi connectivity index (χ0n) is 13.4. The number of nitrogens with one attached hydrogen (secondary N) is 1. The van der Waals surface area contributed by atoms with Crippen LogP contribution in [0.5, 0.6) is 0 Å². The largest absolute Gasteiger partial charge is 0.379 e. The van der Waals surface area contributed by atoms with Gasteiger partial charge in [-0.05, 0) is 5.56 Å². The molecule has 0 aliphatic carbocycles. The zero-order chi connectivity index (χ0) is 16.7. The molecule has 7 heteroatoms. The number of morpholine rings is 1. The molecular formula is C16H24N2O4S. The van der Waals surface area contributed by atoms with Crippen molar-refractivity contribution in [2.24, 2.45) is 0 Å². The van der Waals surface area contributed by atoms with E-state index in [0.717, 1.165) is 24.9 Å². The van der Waals surface area contributed by atoms with E-state index in [1.807, 2.05) is 30.3 Å². The molecule has 6 nitrogen and oxygen atoms in total. The van der Waals surface area contributed by atoms with E-state index in [4.69, 9.17) is 4.74 Å². The quantitative estimate of drug-likeness (QED) is 0.787. The predicted octanol–water partition coefficient (Wildman–Crippen LogP) is 0.611. The van der Waals surface area contributed by atoms with Crippen LogP contribution in [0.15, 0.2) is 30.3 Å².